The van der Waals surface area contributed by atoms with E-state index in [1.54, 1.807) is 6.08 Å². The maximum Gasteiger partial charge on any atom is 0.303 e. The van der Waals surface area contributed by atoms with Crippen molar-refractivity contribution in [2.24, 2.45) is 0 Å². The Hall–Kier alpha value is -0.640. The van der Waals surface area contributed by atoms with E-state index >= 15 is 0 Å². The van der Waals surface area contributed by atoms with Gasteiger partial charge in [-0.25, -0.2) is 0 Å². The van der Waals surface area contributed by atoms with Crippen molar-refractivity contribution in [3.05, 3.63) is 10.6 Å². The molecule has 1 atom stereocenters. The average Bonchev–Trinajstić information content (AvgIpc) is 2.18. The predicted molar refractivity (Wildman–Crippen MR) is 42.2 cm³/mol. The van der Waals surface area contributed by atoms with Crippen LogP contribution in [0.2, 0.25) is 0 Å². The van der Waals surface area contributed by atoms with E-state index in [4.69, 9.17) is 4.74 Å². The van der Waals surface area contributed by atoms with E-state index in [1.165, 1.54) is 6.92 Å². The summed E-state index contributed by atoms with van der Waals surface area (Å²) >= 11 is 3.05. The van der Waals surface area contributed by atoms with E-state index in [2.05, 4.69) is 15.9 Å². The summed E-state index contributed by atoms with van der Waals surface area (Å²) in [7, 11) is 0. The third-order valence-corrected chi connectivity index (χ3v) is 2.06. The molecule has 1 aliphatic carbocycles. The molecule has 0 N–H and O–H groups in total. The Bertz CT molecular complexity index is 232. The van der Waals surface area contributed by atoms with Gasteiger partial charge in [-0.2, -0.15) is 0 Å². The summed E-state index contributed by atoms with van der Waals surface area (Å²) in [6, 6.07) is 0. The van der Waals surface area contributed by atoms with E-state index < -0.39 is 12.1 Å². The normalized spacial score (nSPS) is 23.3. The highest BCUT2D eigenvalue weighted by Crippen LogP contribution is 2.22. The number of carbonyl (C=O) groups is 2. The molecule has 3 nitrogen and oxygen atoms in total. The number of halogens is 1. The fourth-order valence-corrected chi connectivity index (χ4v) is 1.32. The van der Waals surface area contributed by atoms with E-state index in [0.29, 0.717) is 10.9 Å². The molecule has 4 heteroatoms. The molecule has 0 aromatic carbocycles. The van der Waals surface area contributed by atoms with Gasteiger partial charge >= 0.3 is 5.97 Å². The molecule has 60 valence electrons. The van der Waals surface area contributed by atoms with Crippen LogP contribution in [0.1, 0.15) is 13.3 Å². The van der Waals surface area contributed by atoms with Crippen LogP contribution in [0.3, 0.4) is 0 Å². The minimum absolute atomic E-state index is 0.153. The van der Waals surface area contributed by atoms with Crippen molar-refractivity contribution >= 4 is 27.7 Å². The summed E-state index contributed by atoms with van der Waals surface area (Å²) in [6.07, 6.45) is 1.59. The van der Waals surface area contributed by atoms with Crippen LogP contribution in [0.25, 0.3) is 0 Å². The number of ether oxygens (including phenoxy) is 1. The number of rotatable bonds is 1. The Morgan fingerprint density at radius 1 is 1.82 bits per heavy atom. The summed E-state index contributed by atoms with van der Waals surface area (Å²) in [6.45, 7) is 1.29. The second-order valence-electron chi connectivity index (χ2n) is 2.25. The van der Waals surface area contributed by atoms with Crippen LogP contribution in [-0.2, 0) is 14.3 Å². The highest BCUT2D eigenvalue weighted by Gasteiger charge is 2.27. The number of Topliss-reactive ketones (excluding diaryl/α,β-unsaturated/α-hetero) is 1. The van der Waals surface area contributed by atoms with Gasteiger partial charge in [-0.05, 0) is 15.9 Å². The van der Waals surface area contributed by atoms with Gasteiger partial charge in [0.1, 0.15) is 0 Å². The van der Waals surface area contributed by atoms with Crippen molar-refractivity contribution < 1.29 is 14.3 Å². The Morgan fingerprint density at radius 2 is 2.45 bits per heavy atom. The van der Waals surface area contributed by atoms with Crippen molar-refractivity contribution in [2.75, 3.05) is 0 Å². The lowest BCUT2D eigenvalue weighted by molar-refractivity contribution is -0.150. The summed E-state index contributed by atoms with van der Waals surface area (Å²) in [5, 5.41) is 0. The molecule has 0 aliphatic heterocycles. The smallest absolute Gasteiger partial charge is 0.303 e. The number of hydrogen-bond acceptors (Lipinski definition) is 3. The first-order valence-corrected chi connectivity index (χ1v) is 3.97. The maximum absolute atomic E-state index is 11.0. The lowest BCUT2D eigenvalue weighted by Gasteiger charge is -2.07. The minimum atomic E-state index is -0.595. The topological polar surface area (TPSA) is 43.4 Å². The van der Waals surface area contributed by atoms with Crippen molar-refractivity contribution in [3.8, 4) is 0 Å². The zero-order valence-corrected chi connectivity index (χ0v) is 7.55. The predicted octanol–water partition coefficient (Wildman–Crippen LogP) is 1.17. The van der Waals surface area contributed by atoms with Crippen LogP contribution >= 0.6 is 15.9 Å². The fourth-order valence-electron chi connectivity index (χ4n) is 0.874. The SMILES string of the molecule is CC(=O)OC1CC=C(Br)C1=O. The molecule has 0 aromatic heterocycles. The van der Waals surface area contributed by atoms with Crippen molar-refractivity contribution in [2.45, 2.75) is 19.4 Å². The van der Waals surface area contributed by atoms with Crippen molar-refractivity contribution in [3.63, 3.8) is 0 Å². The van der Waals surface area contributed by atoms with Crippen LogP contribution in [0.5, 0.6) is 0 Å². The number of hydrogen-bond donors (Lipinski definition) is 0. The van der Waals surface area contributed by atoms with E-state index in [-0.39, 0.29) is 5.78 Å². The number of ketones is 1. The van der Waals surface area contributed by atoms with Crippen LogP contribution < -0.4 is 0 Å². The molecule has 0 heterocycles. The van der Waals surface area contributed by atoms with Gasteiger partial charge in [0.05, 0.1) is 4.48 Å². The monoisotopic (exact) mass is 218 g/mol. The highest BCUT2D eigenvalue weighted by molar-refractivity contribution is 9.12. The highest BCUT2D eigenvalue weighted by atomic mass is 79.9. The molecule has 0 saturated heterocycles. The van der Waals surface area contributed by atoms with Gasteiger partial charge in [-0.15, -0.1) is 0 Å². The molecule has 1 rings (SSSR count). The van der Waals surface area contributed by atoms with Crippen LogP contribution in [0.4, 0.5) is 0 Å². The number of carbonyl (C=O) groups excluding carboxylic acids is 2. The average molecular weight is 219 g/mol. The third kappa shape index (κ3) is 1.89. The van der Waals surface area contributed by atoms with Gasteiger partial charge in [0, 0.05) is 13.3 Å². The molecular weight excluding hydrogens is 212 g/mol. The van der Waals surface area contributed by atoms with Gasteiger partial charge in [-0.1, -0.05) is 6.08 Å². The molecule has 11 heavy (non-hydrogen) atoms. The fraction of sp³-hybridized carbons (Fsp3) is 0.429. The Labute approximate surface area is 72.5 Å². The first-order chi connectivity index (χ1) is 5.11. The van der Waals surface area contributed by atoms with Gasteiger partial charge in [0.25, 0.3) is 0 Å². The Balaban J connectivity index is 2.54. The zero-order valence-electron chi connectivity index (χ0n) is 5.96. The van der Waals surface area contributed by atoms with Crippen molar-refractivity contribution in [1.82, 2.24) is 0 Å². The molecule has 0 aromatic rings. The summed E-state index contributed by atoms with van der Waals surface area (Å²) in [4.78, 5) is 21.5. The maximum atomic E-state index is 11.0. The second-order valence-corrected chi connectivity index (χ2v) is 3.10. The summed E-state index contributed by atoms with van der Waals surface area (Å²) in [5.74, 6) is -0.570. The molecule has 0 bridgehead atoms. The quantitative estimate of drug-likeness (QED) is 0.621. The van der Waals surface area contributed by atoms with E-state index in [0.717, 1.165) is 0 Å². The number of esters is 1. The molecule has 0 saturated carbocycles. The Morgan fingerprint density at radius 3 is 2.82 bits per heavy atom. The molecule has 1 aliphatic rings. The summed E-state index contributed by atoms with van der Waals surface area (Å²) < 4.78 is 5.23. The molecule has 0 spiro atoms. The van der Waals surface area contributed by atoms with E-state index in [9.17, 15) is 9.59 Å². The standard InChI is InChI=1S/C7H7BrO3/c1-4(9)11-6-3-2-5(8)7(6)10/h2,6H,3H2,1H3. The second kappa shape index (κ2) is 3.17. The third-order valence-electron chi connectivity index (χ3n) is 1.35. The molecular formula is C7H7BrO3. The molecule has 0 fully saturated rings. The van der Waals surface area contributed by atoms with Gasteiger partial charge in [-0.3, -0.25) is 9.59 Å². The minimum Gasteiger partial charge on any atom is -0.454 e. The van der Waals surface area contributed by atoms with Gasteiger partial charge in [0.2, 0.25) is 5.78 Å². The van der Waals surface area contributed by atoms with Crippen LogP contribution in [-0.4, -0.2) is 17.9 Å². The van der Waals surface area contributed by atoms with E-state index in [1.807, 2.05) is 0 Å². The van der Waals surface area contributed by atoms with Gasteiger partial charge in [0.15, 0.2) is 6.10 Å². The molecule has 1 unspecified atom stereocenters. The van der Waals surface area contributed by atoms with Crippen LogP contribution in [0.15, 0.2) is 10.6 Å². The van der Waals surface area contributed by atoms with Crippen LogP contribution in [0, 0.1) is 0 Å². The molecule has 0 amide bonds. The Kier molecular flexibility index (Phi) is 2.44. The first kappa shape index (κ1) is 8.46. The molecule has 0 radical (unpaired) electrons. The lowest BCUT2D eigenvalue weighted by atomic mass is 10.3. The first-order valence-electron chi connectivity index (χ1n) is 3.18. The largest absolute Gasteiger partial charge is 0.454 e. The zero-order chi connectivity index (χ0) is 8.43. The lowest BCUT2D eigenvalue weighted by Crippen LogP contribution is -2.21. The van der Waals surface area contributed by atoms with Crippen molar-refractivity contribution in [1.29, 1.82) is 0 Å². The van der Waals surface area contributed by atoms with Gasteiger partial charge < -0.3 is 4.74 Å². The summed E-state index contributed by atoms with van der Waals surface area (Å²) in [5.41, 5.74) is 0.